The van der Waals surface area contributed by atoms with Gasteiger partial charge in [0, 0.05) is 24.4 Å². The van der Waals surface area contributed by atoms with Gasteiger partial charge in [-0.2, -0.15) is 5.10 Å². The summed E-state index contributed by atoms with van der Waals surface area (Å²) in [5, 5.41) is 4.79. The minimum absolute atomic E-state index is 0.0778. The third kappa shape index (κ3) is 1.81. The maximum atomic E-state index is 11.9. The Labute approximate surface area is 94.4 Å². The number of ketones is 1. The van der Waals surface area contributed by atoms with Crippen LogP contribution in [0.3, 0.4) is 0 Å². The molecule has 15 heavy (non-hydrogen) atoms. The molecular formula is C11H15ClN2O. The lowest BCUT2D eigenvalue weighted by molar-refractivity contribution is -0.122. The summed E-state index contributed by atoms with van der Waals surface area (Å²) in [4.78, 5) is 11.9. The van der Waals surface area contributed by atoms with Gasteiger partial charge in [-0.3, -0.25) is 9.48 Å². The Bertz CT molecular complexity index is 418. The number of hydrogen-bond donors (Lipinski definition) is 0. The minimum atomic E-state index is -0.0778. The summed E-state index contributed by atoms with van der Waals surface area (Å²) in [5.41, 5.74) is 1.67. The van der Waals surface area contributed by atoms with Crippen LogP contribution in [-0.2, 0) is 18.3 Å². The third-order valence-electron chi connectivity index (χ3n) is 3.28. The third-order valence-corrected chi connectivity index (χ3v) is 3.75. The number of carbonyl (C=O) groups is 1. The molecule has 1 saturated carbocycles. The van der Waals surface area contributed by atoms with Gasteiger partial charge in [-0.15, -0.1) is 0 Å². The Morgan fingerprint density at radius 2 is 2.20 bits per heavy atom. The predicted molar refractivity (Wildman–Crippen MR) is 59.0 cm³/mol. The van der Waals surface area contributed by atoms with Gasteiger partial charge in [0.05, 0.1) is 5.69 Å². The van der Waals surface area contributed by atoms with Crippen molar-refractivity contribution >= 4 is 17.4 Å². The van der Waals surface area contributed by atoms with E-state index in [9.17, 15) is 4.79 Å². The van der Waals surface area contributed by atoms with Crippen molar-refractivity contribution in [3.63, 3.8) is 0 Å². The van der Waals surface area contributed by atoms with E-state index in [1.165, 1.54) is 0 Å². The van der Waals surface area contributed by atoms with E-state index in [1.54, 1.807) is 11.7 Å². The number of halogens is 1. The van der Waals surface area contributed by atoms with Crippen molar-refractivity contribution < 1.29 is 4.79 Å². The van der Waals surface area contributed by atoms with Gasteiger partial charge >= 0.3 is 0 Å². The molecule has 0 aliphatic heterocycles. The van der Waals surface area contributed by atoms with Crippen LogP contribution in [0.5, 0.6) is 0 Å². The minimum Gasteiger partial charge on any atom is -0.299 e. The van der Waals surface area contributed by atoms with Gasteiger partial charge in [-0.25, -0.2) is 0 Å². The number of hydrogen-bond acceptors (Lipinski definition) is 2. The number of aromatic nitrogens is 2. The van der Waals surface area contributed by atoms with Crippen molar-refractivity contribution in [2.75, 3.05) is 0 Å². The zero-order chi connectivity index (χ0) is 11.2. The standard InChI is InChI=1S/C11H15ClN2O/c1-7-8(10(12)14(3)13-7)6-9(15)11(2)4-5-11/h4-6H2,1-3H3. The Morgan fingerprint density at radius 1 is 1.60 bits per heavy atom. The Balaban J connectivity index is 2.20. The van der Waals surface area contributed by atoms with Crippen LogP contribution in [0, 0.1) is 12.3 Å². The van der Waals surface area contributed by atoms with Gasteiger partial charge < -0.3 is 0 Å². The summed E-state index contributed by atoms with van der Waals surface area (Å²) in [7, 11) is 1.79. The quantitative estimate of drug-likeness (QED) is 0.793. The van der Waals surface area contributed by atoms with E-state index in [0.717, 1.165) is 24.1 Å². The van der Waals surface area contributed by atoms with E-state index in [-0.39, 0.29) is 5.41 Å². The molecule has 0 N–H and O–H groups in total. The normalized spacial score (nSPS) is 17.9. The van der Waals surface area contributed by atoms with Gasteiger partial charge in [0.15, 0.2) is 0 Å². The monoisotopic (exact) mass is 226 g/mol. The van der Waals surface area contributed by atoms with Gasteiger partial charge in [0.25, 0.3) is 0 Å². The molecule has 4 heteroatoms. The predicted octanol–water partition coefficient (Wildman–Crippen LogP) is 2.29. The van der Waals surface area contributed by atoms with Gasteiger partial charge in [0.2, 0.25) is 0 Å². The molecule has 0 amide bonds. The van der Waals surface area contributed by atoms with Crippen molar-refractivity contribution in [3.8, 4) is 0 Å². The van der Waals surface area contributed by atoms with Gasteiger partial charge in [-0.05, 0) is 19.8 Å². The molecule has 1 aliphatic carbocycles. The van der Waals surface area contributed by atoms with E-state index >= 15 is 0 Å². The molecule has 0 unspecified atom stereocenters. The first-order chi connectivity index (χ1) is 6.94. The summed E-state index contributed by atoms with van der Waals surface area (Å²) >= 11 is 6.08. The van der Waals surface area contributed by atoms with Crippen molar-refractivity contribution in [2.24, 2.45) is 12.5 Å². The summed E-state index contributed by atoms with van der Waals surface area (Å²) in [6, 6.07) is 0. The number of carbonyl (C=O) groups excluding carboxylic acids is 1. The fourth-order valence-electron chi connectivity index (χ4n) is 1.71. The molecular weight excluding hydrogens is 212 g/mol. The van der Waals surface area contributed by atoms with Crippen LogP contribution in [0.15, 0.2) is 0 Å². The average molecular weight is 227 g/mol. The highest BCUT2D eigenvalue weighted by atomic mass is 35.5. The van der Waals surface area contributed by atoms with Crippen LogP contribution in [-0.4, -0.2) is 15.6 Å². The number of rotatable bonds is 3. The maximum Gasteiger partial charge on any atom is 0.143 e. The molecule has 0 aromatic carbocycles. The summed E-state index contributed by atoms with van der Waals surface area (Å²) in [6.07, 6.45) is 2.46. The zero-order valence-electron chi connectivity index (χ0n) is 9.30. The van der Waals surface area contributed by atoms with Crippen LogP contribution < -0.4 is 0 Å². The lowest BCUT2D eigenvalue weighted by Crippen LogP contribution is -2.14. The second-order valence-electron chi connectivity index (χ2n) is 4.64. The first-order valence-corrected chi connectivity index (χ1v) is 5.53. The second-order valence-corrected chi connectivity index (χ2v) is 5.00. The summed E-state index contributed by atoms with van der Waals surface area (Å²) in [6.45, 7) is 3.92. The van der Waals surface area contributed by atoms with Crippen LogP contribution in [0.25, 0.3) is 0 Å². The van der Waals surface area contributed by atoms with Gasteiger partial charge in [0.1, 0.15) is 10.9 Å². The highest BCUT2D eigenvalue weighted by Gasteiger charge is 2.44. The van der Waals surface area contributed by atoms with E-state index in [1.807, 2.05) is 13.8 Å². The van der Waals surface area contributed by atoms with E-state index in [2.05, 4.69) is 5.10 Å². The molecule has 1 aromatic rings. The Kier molecular flexibility index (Phi) is 2.38. The second kappa shape index (κ2) is 3.34. The number of aryl methyl sites for hydroxylation is 2. The van der Waals surface area contributed by atoms with Crippen molar-refractivity contribution in [2.45, 2.75) is 33.1 Å². The van der Waals surface area contributed by atoms with Gasteiger partial charge in [-0.1, -0.05) is 18.5 Å². The van der Waals surface area contributed by atoms with E-state index < -0.39 is 0 Å². The molecule has 2 rings (SSSR count). The van der Waals surface area contributed by atoms with Crippen molar-refractivity contribution in [3.05, 3.63) is 16.4 Å². The SMILES string of the molecule is Cc1nn(C)c(Cl)c1CC(=O)C1(C)CC1. The zero-order valence-corrected chi connectivity index (χ0v) is 10.1. The highest BCUT2D eigenvalue weighted by molar-refractivity contribution is 6.30. The first-order valence-electron chi connectivity index (χ1n) is 5.15. The van der Waals surface area contributed by atoms with Crippen LogP contribution in [0.1, 0.15) is 31.0 Å². The van der Waals surface area contributed by atoms with E-state index in [4.69, 9.17) is 11.6 Å². The maximum absolute atomic E-state index is 11.9. The molecule has 1 aliphatic rings. The van der Waals surface area contributed by atoms with Crippen molar-refractivity contribution in [1.29, 1.82) is 0 Å². The summed E-state index contributed by atoms with van der Waals surface area (Å²) < 4.78 is 1.62. The molecule has 3 nitrogen and oxygen atoms in total. The highest BCUT2D eigenvalue weighted by Crippen LogP contribution is 2.46. The topological polar surface area (TPSA) is 34.9 Å². The molecule has 1 aromatic heterocycles. The number of Topliss-reactive ketones (excluding diaryl/α,β-unsaturated/α-hetero) is 1. The van der Waals surface area contributed by atoms with Crippen LogP contribution in [0.4, 0.5) is 0 Å². The molecule has 0 bridgehead atoms. The molecule has 0 atom stereocenters. The summed E-state index contributed by atoms with van der Waals surface area (Å²) in [5.74, 6) is 0.292. The molecule has 0 spiro atoms. The lowest BCUT2D eigenvalue weighted by atomic mass is 9.97. The molecule has 1 fully saturated rings. The molecule has 0 saturated heterocycles. The van der Waals surface area contributed by atoms with Crippen molar-refractivity contribution in [1.82, 2.24) is 9.78 Å². The van der Waals surface area contributed by atoms with Crippen LogP contribution in [0.2, 0.25) is 5.15 Å². The fraction of sp³-hybridized carbons (Fsp3) is 0.636. The van der Waals surface area contributed by atoms with Crippen LogP contribution >= 0.6 is 11.6 Å². The first kappa shape index (κ1) is 10.7. The average Bonchev–Trinajstić information content (AvgIpc) is 2.87. The van der Waals surface area contributed by atoms with E-state index in [0.29, 0.717) is 17.4 Å². The molecule has 82 valence electrons. The lowest BCUT2D eigenvalue weighted by Gasteiger charge is -2.06. The smallest absolute Gasteiger partial charge is 0.143 e. The molecule has 1 heterocycles. The molecule has 0 radical (unpaired) electrons. The number of nitrogens with zero attached hydrogens (tertiary/aromatic N) is 2. The Hall–Kier alpha value is -0.830. The Morgan fingerprint density at radius 3 is 2.60 bits per heavy atom. The fourth-order valence-corrected chi connectivity index (χ4v) is 1.96. The largest absolute Gasteiger partial charge is 0.299 e.